The number of ether oxygens (including phenoxy) is 1. The zero-order valence-corrected chi connectivity index (χ0v) is 24.9. The van der Waals surface area contributed by atoms with Gasteiger partial charge < -0.3 is 25.6 Å². The molecule has 0 spiro atoms. The van der Waals surface area contributed by atoms with Crippen LogP contribution >= 0.6 is 0 Å². The molecule has 3 amide bonds. The maximum Gasteiger partial charge on any atom is 0.329 e. The first-order valence-electron chi connectivity index (χ1n) is 15.1. The molecule has 9 heteroatoms. The van der Waals surface area contributed by atoms with Crippen LogP contribution in [0.2, 0.25) is 0 Å². The van der Waals surface area contributed by atoms with Gasteiger partial charge in [0.1, 0.15) is 18.1 Å². The lowest BCUT2D eigenvalue weighted by Gasteiger charge is -2.35. The average Bonchev–Trinajstić information content (AvgIpc) is 3.54. The molecule has 1 heterocycles. The molecule has 1 aliphatic heterocycles. The number of nitrogens with zero attached hydrogens (tertiary/aromatic N) is 1. The first kappa shape index (κ1) is 31.2. The number of carbonyl (C=O) groups is 4. The van der Waals surface area contributed by atoms with Crippen LogP contribution in [0.4, 0.5) is 0 Å². The smallest absolute Gasteiger partial charge is 0.329 e. The summed E-state index contributed by atoms with van der Waals surface area (Å²) in [6.45, 7) is 2.17. The minimum atomic E-state index is -1.00. The first-order valence-corrected chi connectivity index (χ1v) is 15.1. The summed E-state index contributed by atoms with van der Waals surface area (Å²) in [5.74, 6) is -1.90. The Morgan fingerprint density at radius 2 is 1.43 bits per heavy atom. The van der Waals surface area contributed by atoms with Gasteiger partial charge in [-0.1, -0.05) is 79.9 Å². The molecule has 3 N–H and O–H groups in total. The summed E-state index contributed by atoms with van der Waals surface area (Å²) >= 11 is 0. The predicted molar refractivity (Wildman–Crippen MR) is 160 cm³/mol. The molecular formula is C33H44N4O5. The minimum Gasteiger partial charge on any atom is -0.467 e. The monoisotopic (exact) mass is 576 g/mol. The highest BCUT2D eigenvalue weighted by Gasteiger charge is 2.43. The number of amides is 3. The molecule has 0 bridgehead atoms. The van der Waals surface area contributed by atoms with Crippen molar-refractivity contribution in [3.63, 3.8) is 0 Å². The number of esters is 1. The van der Waals surface area contributed by atoms with E-state index >= 15 is 0 Å². The van der Waals surface area contributed by atoms with Gasteiger partial charge in [0.05, 0.1) is 13.2 Å². The molecule has 1 saturated carbocycles. The van der Waals surface area contributed by atoms with E-state index < -0.39 is 42.0 Å². The lowest BCUT2D eigenvalue weighted by molar-refractivity contribution is -0.147. The third-order valence-electron chi connectivity index (χ3n) is 8.75. The van der Waals surface area contributed by atoms with Crippen molar-refractivity contribution in [3.05, 3.63) is 71.8 Å². The summed E-state index contributed by atoms with van der Waals surface area (Å²) < 4.78 is 5.18. The number of carbonyl (C=O) groups excluding carboxylic acids is 4. The van der Waals surface area contributed by atoms with Crippen LogP contribution in [0.25, 0.3) is 0 Å². The Hall–Kier alpha value is -3.72. The van der Waals surface area contributed by atoms with Gasteiger partial charge in [-0.25, -0.2) is 4.79 Å². The summed E-state index contributed by atoms with van der Waals surface area (Å²) in [6.07, 6.45) is 5.99. The van der Waals surface area contributed by atoms with Crippen molar-refractivity contribution in [1.29, 1.82) is 0 Å². The van der Waals surface area contributed by atoms with Crippen molar-refractivity contribution in [2.45, 2.75) is 82.0 Å². The van der Waals surface area contributed by atoms with E-state index in [1.165, 1.54) is 7.11 Å². The molecule has 9 nitrogen and oxygen atoms in total. The maximum absolute atomic E-state index is 14.1. The Bertz CT molecular complexity index is 1160. The fraction of sp³-hybridized carbons (Fsp3) is 0.515. The van der Waals surface area contributed by atoms with E-state index in [-0.39, 0.29) is 17.7 Å². The Kier molecular flexibility index (Phi) is 11.1. The molecule has 0 aromatic heterocycles. The molecule has 226 valence electrons. The normalized spacial score (nSPS) is 19.5. The van der Waals surface area contributed by atoms with Gasteiger partial charge in [-0.15, -0.1) is 0 Å². The van der Waals surface area contributed by atoms with E-state index in [2.05, 4.69) is 16.0 Å². The summed E-state index contributed by atoms with van der Waals surface area (Å²) in [4.78, 5) is 55.7. The summed E-state index contributed by atoms with van der Waals surface area (Å²) in [6, 6.07) is 16.2. The fourth-order valence-electron chi connectivity index (χ4n) is 6.29. The Morgan fingerprint density at radius 1 is 0.833 bits per heavy atom. The van der Waals surface area contributed by atoms with Gasteiger partial charge in [-0.3, -0.25) is 14.4 Å². The summed E-state index contributed by atoms with van der Waals surface area (Å²) in [7, 11) is 3.02. The highest BCUT2D eigenvalue weighted by atomic mass is 16.5. The second-order valence-corrected chi connectivity index (χ2v) is 11.4. The Balaban J connectivity index is 1.59. The maximum atomic E-state index is 14.1. The van der Waals surface area contributed by atoms with Crippen LogP contribution in [0.1, 0.15) is 68.9 Å². The van der Waals surface area contributed by atoms with E-state index in [4.69, 9.17) is 4.74 Å². The van der Waals surface area contributed by atoms with Crippen LogP contribution in [-0.4, -0.2) is 73.5 Å². The van der Waals surface area contributed by atoms with Crippen molar-refractivity contribution in [2.24, 2.45) is 5.92 Å². The largest absolute Gasteiger partial charge is 0.467 e. The molecule has 1 saturated heterocycles. The first-order chi connectivity index (χ1) is 20.3. The van der Waals surface area contributed by atoms with Gasteiger partial charge in [0.15, 0.2) is 0 Å². The summed E-state index contributed by atoms with van der Waals surface area (Å²) in [5.41, 5.74) is 1.72. The topological polar surface area (TPSA) is 117 Å². The standard InChI is InChI=1S/C33H44N4O5/c1-22(34-2)30(38)35-28(25-18-11-6-12-19-25)32(40)37-21-13-20-26(37)31(39)36-29(33(41)42-3)27(23-14-7-4-8-15-23)24-16-9-5-10-17-24/h4-5,7-10,14-17,22,25-29,34H,6,11-13,18-21H2,1-3H3,(H,35,38)(H,36,39)/t22-,26?,28-,29-/m0/s1. The number of rotatable bonds is 11. The van der Waals surface area contributed by atoms with Gasteiger partial charge in [0.2, 0.25) is 17.7 Å². The Morgan fingerprint density at radius 3 is 1.98 bits per heavy atom. The van der Waals surface area contributed by atoms with Gasteiger partial charge >= 0.3 is 5.97 Å². The van der Waals surface area contributed by atoms with Crippen LogP contribution < -0.4 is 16.0 Å². The van der Waals surface area contributed by atoms with Crippen molar-refractivity contribution in [2.75, 3.05) is 20.7 Å². The number of methoxy groups -OCH3 is 1. The highest BCUT2D eigenvalue weighted by Crippen LogP contribution is 2.31. The molecule has 0 radical (unpaired) electrons. The van der Waals surface area contributed by atoms with Crippen molar-refractivity contribution in [3.8, 4) is 0 Å². The van der Waals surface area contributed by atoms with Crippen molar-refractivity contribution >= 4 is 23.7 Å². The van der Waals surface area contributed by atoms with Gasteiger partial charge in [-0.05, 0) is 56.7 Å². The van der Waals surface area contributed by atoms with Crippen LogP contribution in [0.5, 0.6) is 0 Å². The molecule has 1 unspecified atom stereocenters. The number of hydrogen-bond donors (Lipinski definition) is 3. The second kappa shape index (κ2) is 15.0. The molecule has 2 aromatic rings. The van der Waals surface area contributed by atoms with Crippen LogP contribution in [0, 0.1) is 5.92 Å². The fourth-order valence-corrected chi connectivity index (χ4v) is 6.29. The molecule has 2 aliphatic rings. The van der Waals surface area contributed by atoms with E-state index in [0.29, 0.717) is 19.4 Å². The second-order valence-electron chi connectivity index (χ2n) is 11.4. The highest BCUT2D eigenvalue weighted by molar-refractivity contribution is 5.95. The van der Waals surface area contributed by atoms with E-state index in [9.17, 15) is 19.2 Å². The van der Waals surface area contributed by atoms with E-state index in [1.807, 2.05) is 60.7 Å². The van der Waals surface area contributed by atoms with Crippen molar-refractivity contribution in [1.82, 2.24) is 20.9 Å². The molecule has 2 aromatic carbocycles. The zero-order valence-electron chi connectivity index (χ0n) is 24.9. The number of hydrogen-bond acceptors (Lipinski definition) is 6. The quantitative estimate of drug-likeness (QED) is 0.354. The molecule has 4 atom stereocenters. The number of nitrogens with one attached hydrogen (secondary N) is 3. The zero-order chi connectivity index (χ0) is 30.1. The van der Waals surface area contributed by atoms with E-state index in [0.717, 1.165) is 43.2 Å². The third kappa shape index (κ3) is 7.37. The number of likely N-dealkylation sites (N-methyl/N-ethyl adjacent to an activating group) is 1. The molecular weight excluding hydrogens is 532 g/mol. The average molecular weight is 577 g/mol. The van der Waals surface area contributed by atoms with Crippen molar-refractivity contribution < 1.29 is 23.9 Å². The minimum absolute atomic E-state index is 0.0203. The lowest BCUT2D eigenvalue weighted by atomic mass is 9.83. The third-order valence-corrected chi connectivity index (χ3v) is 8.75. The lowest BCUT2D eigenvalue weighted by Crippen LogP contribution is -2.59. The van der Waals surface area contributed by atoms with Crippen LogP contribution in [-0.2, 0) is 23.9 Å². The number of likely N-dealkylation sites (tertiary alicyclic amines) is 1. The van der Waals surface area contributed by atoms with Crippen LogP contribution in [0.15, 0.2) is 60.7 Å². The Labute approximate surface area is 248 Å². The number of benzene rings is 2. The predicted octanol–water partition coefficient (Wildman–Crippen LogP) is 3.14. The molecule has 4 rings (SSSR count). The van der Waals surface area contributed by atoms with Crippen LogP contribution in [0.3, 0.4) is 0 Å². The molecule has 2 fully saturated rings. The van der Waals surface area contributed by atoms with E-state index in [1.54, 1.807) is 18.9 Å². The SMILES string of the molecule is CN[C@@H](C)C(=O)N[C@H](C(=O)N1CCCC1C(=O)N[C@H](C(=O)OC)C(c1ccccc1)c1ccccc1)C1CCCCC1. The molecule has 1 aliphatic carbocycles. The van der Waals surface area contributed by atoms with Gasteiger partial charge in [0, 0.05) is 12.5 Å². The van der Waals surface area contributed by atoms with Gasteiger partial charge in [0.25, 0.3) is 0 Å². The summed E-state index contributed by atoms with van der Waals surface area (Å²) in [5, 5.41) is 8.92. The molecule has 42 heavy (non-hydrogen) atoms. The van der Waals surface area contributed by atoms with Gasteiger partial charge in [-0.2, -0.15) is 0 Å².